The normalized spacial score (nSPS) is 12.7. The number of hydrogen-bond donors (Lipinski definition) is 1. The van der Waals surface area contributed by atoms with Crippen LogP contribution in [0.3, 0.4) is 0 Å². The van der Waals surface area contributed by atoms with E-state index in [0.717, 1.165) is 11.3 Å². The second kappa shape index (κ2) is 4.98. The average Bonchev–Trinajstić information content (AvgIpc) is 2.71. The number of halogens is 2. The molecule has 3 nitrogen and oxygen atoms in total. The predicted molar refractivity (Wildman–Crippen MR) is 68.2 cm³/mol. The van der Waals surface area contributed by atoms with Gasteiger partial charge in [-0.2, -0.15) is 5.10 Å². The van der Waals surface area contributed by atoms with Gasteiger partial charge < -0.3 is 5.32 Å². The van der Waals surface area contributed by atoms with Gasteiger partial charge in [0.25, 0.3) is 0 Å². The van der Waals surface area contributed by atoms with Crippen LogP contribution >= 0.6 is 15.9 Å². The molecule has 1 heterocycles. The zero-order chi connectivity index (χ0) is 12.4. The van der Waals surface area contributed by atoms with Crippen molar-refractivity contribution in [2.45, 2.75) is 6.04 Å². The molecule has 0 spiro atoms. The minimum Gasteiger partial charge on any atom is -0.308 e. The molecule has 5 heteroatoms. The van der Waals surface area contributed by atoms with Crippen LogP contribution in [-0.2, 0) is 7.05 Å². The third-order valence-electron chi connectivity index (χ3n) is 2.60. The number of benzene rings is 1. The first kappa shape index (κ1) is 12.3. The lowest BCUT2D eigenvalue weighted by molar-refractivity contribution is 0.604. The maximum Gasteiger partial charge on any atom is 0.137 e. The van der Waals surface area contributed by atoms with E-state index in [0.29, 0.717) is 4.47 Å². The molecule has 1 aromatic carbocycles. The quantitative estimate of drug-likeness (QED) is 0.944. The van der Waals surface area contributed by atoms with E-state index in [1.165, 1.54) is 6.07 Å². The number of nitrogens with one attached hydrogen (secondary N) is 1. The molecule has 1 atom stereocenters. The molecule has 0 aliphatic heterocycles. The van der Waals surface area contributed by atoms with Gasteiger partial charge in [0.05, 0.1) is 16.2 Å². The van der Waals surface area contributed by atoms with Crippen molar-refractivity contribution < 1.29 is 4.39 Å². The molecule has 0 amide bonds. The highest BCUT2D eigenvalue weighted by molar-refractivity contribution is 9.10. The second-order valence-electron chi connectivity index (χ2n) is 3.81. The minimum atomic E-state index is -0.265. The van der Waals surface area contributed by atoms with Crippen LogP contribution in [0.25, 0.3) is 0 Å². The Balaban J connectivity index is 2.38. The maximum atomic E-state index is 13.5. The molecule has 90 valence electrons. The molecule has 1 unspecified atom stereocenters. The Morgan fingerprint density at radius 3 is 2.71 bits per heavy atom. The summed E-state index contributed by atoms with van der Waals surface area (Å²) in [5.74, 6) is -0.265. The van der Waals surface area contributed by atoms with Crippen LogP contribution in [0.2, 0.25) is 0 Å². The average molecular weight is 298 g/mol. The third kappa shape index (κ3) is 2.56. The van der Waals surface area contributed by atoms with Gasteiger partial charge in [0.1, 0.15) is 5.82 Å². The van der Waals surface area contributed by atoms with Crippen molar-refractivity contribution in [3.05, 3.63) is 52.0 Å². The Bertz CT molecular complexity index is 524. The van der Waals surface area contributed by atoms with Crippen LogP contribution in [0, 0.1) is 5.82 Å². The third-order valence-corrected chi connectivity index (χ3v) is 3.24. The molecule has 0 saturated carbocycles. The smallest absolute Gasteiger partial charge is 0.137 e. The number of aromatic nitrogens is 2. The summed E-state index contributed by atoms with van der Waals surface area (Å²) in [6.07, 6.45) is 1.87. The molecule has 1 aromatic heterocycles. The van der Waals surface area contributed by atoms with E-state index in [1.807, 2.05) is 32.4 Å². The highest BCUT2D eigenvalue weighted by Crippen LogP contribution is 2.24. The van der Waals surface area contributed by atoms with Gasteiger partial charge in [-0.05, 0) is 46.7 Å². The molecule has 17 heavy (non-hydrogen) atoms. The summed E-state index contributed by atoms with van der Waals surface area (Å²) >= 11 is 3.15. The van der Waals surface area contributed by atoms with Crippen molar-refractivity contribution in [2.24, 2.45) is 7.05 Å². The van der Waals surface area contributed by atoms with Crippen molar-refractivity contribution in [3.8, 4) is 0 Å². The summed E-state index contributed by atoms with van der Waals surface area (Å²) < 4.78 is 15.7. The van der Waals surface area contributed by atoms with Crippen LogP contribution in [0.1, 0.15) is 17.3 Å². The molecule has 0 radical (unpaired) electrons. The fraction of sp³-hybridized carbons (Fsp3) is 0.250. The van der Waals surface area contributed by atoms with Crippen LogP contribution in [0.5, 0.6) is 0 Å². The summed E-state index contributed by atoms with van der Waals surface area (Å²) in [5.41, 5.74) is 1.73. The summed E-state index contributed by atoms with van der Waals surface area (Å²) in [5, 5.41) is 7.47. The van der Waals surface area contributed by atoms with Crippen LogP contribution in [0.4, 0.5) is 4.39 Å². The van der Waals surface area contributed by atoms with Crippen LogP contribution in [-0.4, -0.2) is 16.8 Å². The number of nitrogens with zero attached hydrogens (tertiary/aromatic N) is 2. The van der Waals surface area contributed by atoms with Crippen molar-refractivity contribution in [1.29, 1.82) is 0 Å². The standard InChI is InChI=1S/C12H13BrFN3/c1-15-12(11-5-6-17(2)16-11)8-3-4-9(13)10(14)7-8/h3-7,12,15H,1-2H3. The Hall–Kier alpha value is -1.20. The van der Waals surface area contributed by atoms with Gasteiger partial charge in [0, 0.05) is 13.2 Å². The van der Waals surface area contributed by atoms with E-state index in [2.05, 4.69) is 26.3 Å². The highest BCUT2D eigenvalue weighted by atomic mass is 79.9. The Labute approximate surface area is 108 Å². The van der Waals surface area contributed by atoms with E-state index in [4.69, 9.17) is 0 Å². The molecule has 2 aromatic rings. The van der Waals surface area contributed by atoms with Gasteiger partial charge in [-0.15, -0.1) is 0 Å². The zero-order valence-electron chi connectivity index (χ0n) is 9.61. The van der Waals surface area contributed by atoms with Gasteiger partial charge in [0.15, 0.2) is 0 Å². The lowest BCUT2D eigenvalue weighted by Gasteiger charge is -2.14. The summed E-state index contributed by atoms with van der Waals surface area (Å²) in [6, 6.07) is 6.92. The topological polar surface area (TPSA) is 29.9 Å². The van der Waals surface area contributed by atoms with Crippen molar-refractivity contribution in [2.75, 3.05) is 7.05 Å². The van der Waals surface area contributed by atoms with E-state index in [1.54, 1.807) is 10.7 Å². The molecule has 0 aliphatic rings. The maximum absolute atomic E-state index is 13.5. The molecule has 1 N–H and O–H groups in total. The van der Waals surface area contributed by atoms with Gasteiger partial charge in [-0.25, -0.2) is 4.39 Å². The lowest BCUT2D eigenvalue weighted by Crippen LogP contribution is -2.18. The molecular formula is C12H13BrFN3. The fourth-order valence-corrected chi connectivity index (χ4v) is 2.01. The molecule has 0 aliphatic carbocycles. The summed E-state index contributed by atoms with van der Waals surface area (Å²) in [7, 11) is 3.69. The molecule has 0 fully saturated rings. The Morgan fingerprint density at radius 1 is 1.41 bits per heavy atom. The molecule has 0 bridgehead atoms. The van der Waals surface area contributed by atoms with E-state index >= 15 is 0 Å². The summed E-state index contributed by atoms with van der Waals surface area (Å²) in [4.78, 5) is 0. The van der Waals surface area contributed by atoms with Gasteiger partial charge >= 0.3 is 0 Å². The minimum absolute atomic E-state index is 0.0983. The van der Waals surface area contributed by atoms with Gasteiger partial charge in [0.2, 0.25) is 0 Å². The number of hydrogen-bond acceptors (Lipinski definition) is 2. The fourth-order valence-electron chi connectivity index (χ4n) is 1.76. The van der Waals surface area contributed by atoms with Crippen molar-refractivity contribution in [1.82, 2.24) is 15.1 Å². The molecule has 2 rings (SSSR count). The first-order valence-corrected chi connectivity index (χ1v) is 6.03. The number of rotatable bonds is 3. The Morgan fingerprint density at radius 2 is 2.18 bits per heavy atom. The Kier molecular flexibility index (Phi) is 3.59. The van der Waals surface area contributed by atoms with Crippen molar-refractivity contribution >= 4 is 15.9 Å². The first-order chi connectivity index (χ1) is 8.11. The lowest BCUT2D eigenvalue weighted by atomic mass is 10.0. The van der Waals surface area contributed by atoms with E-state index < -0.39 is 0 Å². The zero-order valence-corrected chi connectivity index (χ0v) is 11.2. The first-order valence-electron chi connectivity index (χ1n) is 5.23. The van der Waals surface area contributed by atoms with Gasteiger partial charge in [-0.3, -0.25) is 4.68 Å². The van der Waals surface area contributed by atoms with E-state index in [9.17, 15) is 4.39 Å². The van der Waals surface area contributed by atoms with E-state index in [-0.39, 0.29) is 11.9 Å². The molecule has 0 saturated heterocycles. The van der Waals surface area contributed by atoms with Crippen LogP contribution in [0.15, 0.2) is 34.9 Å². The molecular weight excluding hydrogens is 285 g/mol. The van der Waals surface area contributed by atoms with Crippen molar-refractivity contribution in [3.63, 3.8) is 0 Å². The SMILES string of the molecule is CNC(c1ccc(Br)c(F)c1)c1ccn(C)n1. The van der Waals surface area contributed by atoms with Crippen LogP contribution < -0.4 is 5.32 Å². The van der Waals surface area contributed by atoms with Gasteiger partial charge in [-0.1, -0.05) is 6.07 Å². The monoisotopic (exact) mass is 297 g/mol. The predicted octanol–water partition coefficient (Wildman–Crippen LogP) is 2.63. The second-order valence-corrected chi connectivity index (χ2v) is 4.66. The highest BCUT2D eigenvalue weighted by Gasteiger charge is 2.15. The summed E-state index contributed by atoms with van der Waals surface area (Å²) in [6.45, 7) is 0. The number of aryl methyl sites for hydroxylation is 1. The largest absolute Gasteiger partial charge is 0.308 e.